The molecule has 0 aromatic rings. The van der Waals surface area contributed by atoms with E-state index in [-0.39, 0.29) is 70.6 Å². The molecule has 4 heterocycles. The van der Waals surface area contributed by atoms with E-state index in [1.807, 2.05) is 69.2 Å². The van der Waals surface area contributed by atoms with E-state index in [4.69, 9.17) is 72.0 Å². The summed E-state index contributed by atoms with van der Waals surface area (Å²) in [6.07, 6.45) is 9.28. The molecule has 4 aliphatic rings. The molecule has 0 aliphatic carbocycles. The molecule has 0 aromatic heterocycles. The van der Waals surface area contributed by atoms with Crippen molar-refractivity contribution in [3.8, 4) is 0 Å². The second kappa shape index (κ2) is 47.4. The average Bonchev–Trinajstić information content (AvgIpc) is 0.771. The first-order valence-electron chi connectivity index (χ1n) is 43.0. The predicted molar refractivity (Wildman–Crippen MR) is 472 cm³/mol. The molecule has 2 fully saturated rings. The van der Waals surface area contributed by atoms with Gasteiger partial charge in [0.2, 0.25) is 17.7 Å². The van der Waals surface area contributed by atoms with E-state index in [0.717, 1.165) is 25.7 Å². The number of aliphatic hydroxyl groups is 1. The third-order valence-electron chi connectivity index (χ3n) is 24.8. The highest BCUT2D eigenvalue weighted by Crippen LogP contribution is 2.47. The summed E-state index contributed by atoms with van der Waals surface area (Å²) in [7, 11) is 6.90. The van der Waals surface area contributed by atoms with Gasteiger partial charge in [-0.1, -0.05) is 107 Å². The molecule has 2 N–H and O–H groups in total. The number of carbonyl (C=O) groups is 5. The number of ketones is 2. The van der Waals surface area contributed by atoms with Crippen molar-refractivity contribution in [1.82, 2.24) is 15.1 Å². The maximum atomic E-state index is 14.3. The third kappa shape index (κ3) is 32.6. The first-order chi connectivity index (χ1) is 55.1. The first-order valence-corrected chi connectivity index (χ1v) is 48.8. The summed E-state index contributed by atoms with van der Waals surface area (Å²) in [6.45, 7) is 60.5. The highest BCUT2D eigenvalue weighted by molar-refractivity contribution is 6.74. The van der Waals surface area contributed by atoms with Crippen molar-refractivity contribution in [2.75, 3.05) is 68.6 Å². The fraction of sp³-hybridized carbons (Fsp3) is 0.841. The Morgan fingerprint density at radius 2 is 0.983 bits per heavy atom. The van der Waals surface area contributed by atoms with E-state index >= 15 is 0 Å². The molecule has 32 heteroatoms. The number of ether oxygens (including phenoxy) is 11. The van der Waals surface area contributed by atoms with Crippen LogP contribution in [0.4, 0.5) is 4.79 Å². The van der Waals surface area contributed by atoms with Crippen molar-refractivity contribution in [2.24, 2.45) is 50.7 Å². The Balaban J connectivity index is 0.000000737. The second-order valence-electron chi connectivity index (χ2n) is 38.6. The Hall–Kier alpha value is -5.90. The third-order valence-corrected chi connectivity index (χ3v) is 33.7. The number of hydrogen-bond acceptors (Lipinski definition) is 25. The van der Waals surface area contributed by atoms with Crippen LogP contribution >= 0.6 is 0 Å². The Morgan fingerprint density at radius 1 is 0.617 bits per heavy atom. The van der Waals surface area contributed by atoms with Crippen molar-refractivity contribution in [1.29, 1.82) is 0 Å². The van der Waals surface area contributed by atoms with Crippen LogP contribution in [-0.2, 0) is 84.9 Å². The number of cyclic esters (lactones) is 2. The molecule has 0 spiro atoms. The fourth-order valence-corrected chi connectivity index (χ4v) is 18.2. The van der Waals surface area contributed by atoms with Crippen molar-refractivity contribution in [3.05, 3.63) is 67.9 Å². The van der Waals surface area contributed by atoms with Gasteiger partial charge < -0.3 is 81.2 Å². The zero-order valence-corrected chi connectivity index (χ0v) is 82.2. The summed E-state index contributed by atoms with van der Waals surface area (Å²) in [5, 5.41) is 21.0. The average molecular weight is 1730 g/mol. The number of alkyl carbamates (subject to hydrolysis) is 1. The van der Waals surface area contributed by atoms with Crippen LogP contribution in [0.15, 0.2) is 62.2 Å². The van der Waals surface area contributed by atoms with Gasteiger partial charge in [-0.05, 0) is 219 Å². The van der Waals surface area contributed by atoms with Gasteiger partial charge in [0, 0.05) is 119 Å². The normalized spacial score (nSPS) is 25.1. The molecular weight excluding hydrogens is 1570 g/mol. The second-order valence-corrected chi connectivity index (χ2v) is 48.1. The molecule has 0 aromatic carbocycles. The predicted octanol–water partition coefficient (Wildman–Crippen LogP) is 18.0. The lowest BCUT2D eigenvalue weighted by Gasteiger charge is -2.48. The van der Waals surface area contributed by atoms with E-state index < -0.39 is 129 Å². The van der Waals surface area contributed by atoms with Crippen LogP contribution in [0.1, 0.15) is 244 Å². The molecule has 4 rings (SSSR count). The fourth-order valence-electron chi connectivity index (χ4n) is 15.2. The first kappa shape index (κ1) is 110. The molecule has 30 nitrogen and oxygen atoms in total. The van der Waals surface area contributed by atoms with Crippen molar-refractivity contribution < 1.29 is 94.8 Å². The number of methoxy groups -OCH3 is 2. The standard InChI is InChI=1S/C44H79N5O10Si.C39H71NO9Si.C5H8N4O/c1-19-35(59-60(17,18)41(7,8)9)43(12,58-40(52)46-24-20-21-25-47-48-45)23-22-34(50)28(2)27-44(13,53-16)37(31(5)36-32(6)38(51)57-42(10,11)56-36)55-39-30(4)33(49(14)15)26-29(3)54-39;1-19-31(49-50(17,18)36(7,8)9)38(12,43)21-20-30(41)24(2)23-39(13,44-16)33(27(5)32-28(6)34(42)48-37(10,11)47-32)46-35-26(4)29(40(14)15)22-25(3)45-35;6-9-8-4-2-1-3-7-5-10/h22-23,28-31,33,35,37,39H,19-21,24-27H2,1-18H3,(H,46,52);20-21,24-27,29,31,33,35,43H,19,22-23H2,1-18H3;1-4H2/b23-22+;21-20+;/t28-,29?,30?,31+,33?,35-,37-,39+,43+,44-;24-,25?,26?,27+,29?,31-,33-,35+,38+,39-;/m11./s1. The summed E-state index contributed by atoms with van der Waals surface area (Å²) in [6, 6.07) is 0.408. The van der Waals surface area contributed by atoms with Gasteiger partial charge in [-0.3, -0.25) is 9.59 Å². The number of nitrogens with one attached hydrogen (secondary N) is 1. The summed E-state index contributed by atoms with van der Waals surface area (Å²) in [5.74, 6) is -4.88. The molecule has 0 saturated carbocycles. The Kier molecular flexibility index (Phi) is 43.6. The van der Waals surface area contributed by atoms with Crippen molar-refractivity contribution in [2.45, 2.75) is 376 Å². The molecule has 688 valence electrons. The molecule has 20 atom stereocenters. The lowest BCUT2D eigenvalue weighted by atomic mass is 9.79. The number of unbranched alkanes of at least 4 members (excludes halogenated alkanes) is 2. The topological polar surface area (TPSA) is 371 Å². The van der Waals surface area contributed by atoms with Crippen LogP contribution in [0, 0.1) is 35.5 Å². The minimum absolute atomic E-state index is 0.0186. The molecule has 0 radical (unpaired) electrons. The number of aliphatic imine (C=N–C) groups is 1. The molecule has 2 saturated heterocycles. The van der Waals surface area contributed by atoms with Gasteiger partial charge in [-0.25, -0.2) is 24.2 Å². The van der Waals surface area contributed by atoms with Crippen molar-refractivity contribution >= 4 is 52.3 Å². The van der Waals surface area contributed by atoms with Crippen molar-refractivity contribution in [3.63, 3.8) is 0 Å². The zero-order valence-electron chi connectivity index (χ0n) is 80.2. The Bertz CT molecular complexity index is 3570. The number of hydrogen-bond donors (Lipinski definition) is 2. The monoisotopic (exact) mass is 1730 g/mol. The van der Waals surface area contributed by atoms with Crippen LogP contribution < -0.4 is 5.32 Å². The molecular formula is C88H158N10O20Si2. The van der Waals surface area contributed by atoms with Gasteiger partial charge in [0.05, 0.1) is 65.5 Å². The maximum absolute atomic E-state index is 14.3. The number of rotatable bonds is 43. The number of nitrogens with zero attached hydrogens (tertiary/aromatic N) is 9. The van der Waals surface area contributed by atoms with Gasteiger partial charge in [-0.2, -0.15) is 0 Å². The SMILES string of the molecule is CC[C@@H](O[Si](C)(C)C(C)(C)C)[C@@](C)(O)/C=C/C(=O)[C@H](C)C[C@@](C)(OC)[C@H](O[C@@H]1OC(C)CC(N(C)C)C1C)[C@@H](C)C1=C(C)C(=O)OC(C)(C)O1.CC[C@@H](O[Si](C)(C)C(C)(C)C)[C@](C)(/C=C/C(=O)[C@H](C)C[C@@](C)(OC)[C@H](O[C@@H]1OC(C)CC(N(C)C)C1C)[C@@H](C)C1=C(C)C(=O)OC(C)(C)O1)OC(=O)NCCCCN=[N+]=[N-].[N-]=[N+]=NCCCCN=C=O. The minimum Gasteiger partial charge on any atom is -0.456 e. The number of azide groups is 2. The molecule has 6 unspecified atom stereocenters. The lowest BCUT2D eigenvalue weighted by molar-refractivity contribution is -0.285. The van der Waals surface area contributed by atoms with E-state index in [2.05, 4.69) is 150 Å². The smallest absolute Gasteiger partial charge is 0.408 e. The van der Waals surface area contributed by atoms with Gasteiger partial charge in [0.15, 0.2) is 46.4 Å². The summed E-state index contributed by atoms with van der Waals surface area (Å²) >= 11 is 0. The molecule has 1 amide bonds. The number of allylic oxidation sites excluding steroid dienone is 2. The molecule has 4 aliphatic heterocycles. The number of isocyanates is 1. The quantitative estimate of drug-likeness (QED) is 0.00547. The number of esters is 2. The van der Waals surface area contributed by atoms with Crippen LogP contribution in [0.5, 0.6) is 0 Å². The van der Waals surface area contributed by atoms with E-state index in [0.29, 0.717) is 74.5 Å². The summed E-state index contributed by atoms with van der Waals surface area (Å²) in [4.78, 5) is 89.9. The van der Waals surface area contributed by atoms with E-state index in [1.54, 1.807) is 81.8 Å². The van der Waals surface area contributed by atoms with E-state index in [1.165, 1.54) is 18.2 Å². The highest BCUT2D eigenvalue weighted by Gasteiger charge is 2.53. The lowest BCUT2D eigenvalue weighted by Crippen LogP contribution is -2.56. The number of carbonyl (C=O) groups excluding carboxylic acids is 6. The van der Waals surface area contributed by atoms with Crippen LogP contribution in [0.3, 0.4) is 0 Å². The Labute approximate surface area is 721 Å². The zero-order chi connectivity index (χ0) is 92.5. The van der Waals surface area contributed by atoms with Gasteiger partial charge in [0.1, 0.15) is 17.1 Å². The molecule has 120 heavy (non-hydrogen) atoms. The van der Waals surface area contributed by atoms with Gasteiger partial charge in [0.25, 0.3) is 0 Å². The Morgan fingerprint density at radius 3 is 1.33 bits per heavy atom. The van der Waals surface area contributed by atoms with Gasteiger partial charge >= 0.3 is 18.0 Å². The summed E-state index contributed by atoms with van der Waals surface area (Å²) in [5.41, 5.74) is 12.3. The van der Waals surface area contributed by atoms with Crippen LogP contribution in [0.2, 0.25) is 36.3 Å². The maximum Gasteiger partial charge on any atom is 0.408 e. The van der Waals surface area contributed by atoms with E-state index in [9.17, 15) is 33.9 Å². The minimum atomic E-state index is -2.36. The molecule has 0 bridgehead atoms. The van der Waals surface area contributed by atoms with Crippen LogP contribution in [0.25, 0.3) is 20.9 Å². The highest BCUT2D eigenvalue weighted by atomic mass is 28.4. The summed E-state index contributed by atoms with van der Waals surface area (Å²) < 4.78 is 82.8. The largest absolute Gasteiger partial charge is 0.456 e. The number of amides is 1. The van der Waals surface area contributed by atoms with Gasteiger partial charge in [-0.15, -0.1) is 0 Å². The van der Waals surface area contributed by atoms with Crippen LogP contribution in [-0.4, -0.2) is 231 Å².